The number of ether oxygens (including phenoxy) is 8. The highest BCUT2D eigenvalue weighted by Crippen LogP contribution is 2.47. The first-order valence-corrected chi connectivity index (χ1v) is 35.9. The van der Waals surface area contributed by atoms with Crippen LogP contribution < -0.4 is 59.0 Å². The van der Waals surface area contributed by atoms with Crippen LogP contribution in [0.3, 0.4) is 0 Å². The maximum Gasteiger partial charge on any atom is 0.420 e. The summed E-state index contributed by atoms with van der Waals surface area (Å²) in [5.41, 5.74) is 4.03. The Morgan fingerprint density at radius 2 is 1.12 bits per heavy atom. The van der Waals surface area contributed by atoms with Gasteiger partial charge in [-0.25, -0.2) is 34.4 Å². The standard InChI is InChI=1S/C38H51Cl2N7O8Si.C29H31Cl2N5O5/c1-11-32(48)43-26-20-25(45-14-16-53-17-15-45)12-13-27(26)47(37(50)55-38(2,3)4)31-22-30(41-23-42-31)44(5)36(49)46(24-54-18-19-56(8,9)10)35-33(39)28(51-6)21-29(52-7)34(35)40;1-5-26(37)34-22-14-20(36-8-10-41-11-9-36)7-6-18(22)12-19-13-25(33-17-32-19)35(2)27(38)15-21-28(30)23(39-3)16-24(40-4)29(21)31/h11-13,20-23H,1,14-19,24H2,2-10H3,(H,43,48);5-7,13-14,16-17H,1,8-12,15H2,2-4H3,(H,34,37). The van der Waals surface area contributed by atoms with E-state index in [2.05, 4.69) is 73.2 Å². The molecular formula is C67H82Cl4N12O13Si. The Hall–Kier alpha value is -8.47. The van der Waals surface area contributed by atoms with Gasteiger partial charge in [0.1, 0.15) is 75.5 Å². The number of nitrogens with one attached hydrogen (secondary N) is 2. The molecule has 4 aromatic carbocycles. The molecule has 2 aliphatic rings. The van der Waals surface area contributed by atoms with Crippen LogP contribution in [0, 0.1) is 0 Å². The molecule has 0 saturated carbocycles. The van der Waals surface area contributed by atoms with Gasteiger partial charge in [-0.1, -0.05) is 85.3 Å². The molecule has 2 aromatic heterocycles. The lowest BCUT2D eigenvalue weighted by Crippen LogP contribution is -2.44. The van der Waals surface area contributed by atoms with Gasteiger partial charge in [0.25, 0.3) is 0 Å². The van der Waals surface area contributed by atoms with E-state index in [9.17, 15) is 24.0 Å². The van der Waals surface area contributed by atoms with Gasteiger partial charge < -0.3 is 58.3 Å². The number of benzene rings is 4. The van der Waals surface area contributed by atoms with E-state index in [1.54, 1.807) is 52.1 Å². The zero-order valence-corrected chi connectivity index (χ0v) is 60.5. The Labute approximate surface area is 586 Å². The fourth-order valence-electron chi connectivity index (χ4n) is 9.81. The van der Waals surface area contributed by atoms with E-state index in [0.29, 0.717) is 86.8 Å². The highest BCUT2D eigenvalue weighted by Gasteiger charge is 2.34. The molecule has 2 aliphatic heterocycles. The van der Waals surface area contributed by atoms with E-state index in [4.69, 9.17) is 84.3 Å². The van der Waals surface area contributed by atoms with Crippen molar-refractivity contribution in [1.82, 2.24) is 19.9 Å². The van der Waals surface area contributed by atoms with Gasteiger partial charge in [-0.2, -0.15) is 0 Å². The van der Waals surface area contributed by atoms with Gasteiger partial charge in [0.15, 0.2) is 0 Å². The maximum atomic E-state index is 14.6. The third-order valence-corrected chi connectivity index (χ3v) is 18.4. The van der Waals surface area contributed by atoms with Crippen molar-refractivity contribution < 1.29 is 61.9 Å². The Morgan fingerprint density at radius 1 is 0.639 bits per heavy atom. The molecule has 97 heavy (non-hydrogen) atoms. The minimum absolute atomic E-state index is 0.0363. The summed E-state index contributed by atoms with van der Waals surface area (Å²) in [6.45, 7) is 24.3. The Bertz CT molecular complexity index is 3770. The van der Waals surface area contributed by atoms with Crippen LogP contribution in [0.2, 0.25) is 45.8 Å². The Morgan fingerprint density at radius 3 is 1.64 bits per heavy atom. The number of carbonyl (C=O) groups excluding carboxylic acids is 5. The largest absolute Gasteiger partial charge is 0.495 e. The van der Waals surface area contributed by atoms with Crippen LogP contribution in [-0.4, -0.2) is 172 Å². The van der Waals surface area contributed by atoms with Gasteiger partial charge in [0, 0.05) is 108 Å². The summed E-state index contributed by atoms with van der Waals surface area (Å²) >= 11 is 26.6. The number of urea groups is 1. The molecular weight excluding hydrogens is 1350 g/mol. The number of nitrogens with zero attached hydrogens (tertiary/aromatic N) is 10. The van der Waals surface area contributed by atoms with Crippen molar-refractivity contribution in [3.05, 3.63) is 136 Å². The first-order valence-electron chi connectivity index (χ1n) is 30.7. The van der Waals surface area contributed by atoms with Crippen LogP contribution >= 0.6 is 46.4 Å². The number of anilines is 9. The van der Waals surface area contributed by atoms with Gasteiger partial charge in [-0.15, -0.1) is 0 Å². The number of likely N-dealkylation sites (N-methyl/N-ethyl adjacent to an activating group) is 1. The van der Waals surface area contributed by atoms with Gasteiger partial charge in [0.2, 0.25) is 17.7 Å². The van der Waals surface area contributed by atoms with Crippen LogP contribution in [0.4, 0.5) is 61.2 Å². The molecule has 25 nitrogen and oxygen atoms in total. The number of hydrogen-bond donors (Lipinski definition) is 2. The second kappa shape index (κ2) is 34.6. The van der Waals surface area contributed by atoms with E-state index < -0.39 is 31.7 Å². The average Bonchev–Trinajstić information content (AvgIpc) is 0.796. The Kier molecular flexibility index (Phi) is 27.1. The summed E-state index contributed by atoms with van der Waals surface area (Å²) in [5, 5.41) is 6.31. The molecule has 0 bridgehead atoms. The topological polar surface area (TPSA) is 254 Å². The molecule has 30 heteroatoms. The van der Waals surface area contributed by atoms with Crippen molar-refractivity contribution >= 4 is 136 Å². The summed E-state index contributed by atoms with van der Waals surface area (Å²) in [7, 11) is 7.43. The van der Waals surface area contributed by atoms with E-state index in [1.807, 2.05) is 24.3 Å². The third-order valence-electron chi connectivity index (χ3n) is 15.1. The highest BCUT2D eigenvalue weighted by molar-refractivity contribution is 6.76. The van der Waals surface area contributed by atoms with E-state index in [-0.39, 0.29) is 85.3 Å². The lowest BCUT2D eigenvalue weighted by atomic mass is 10.1. The van der Waals surface area contributed by atoms with Gasteiger partial charge in [-0.05, 0) is 74.9 Å². The summed E-state index contributed by atoms with van der Waals surface area (Å²) in [6.07, 6.45) is 4.43. The summed E-state index contributed by atoms with van der Waals surface area (Å²) in [6, 6.07) is 17.6. The first-order chi connectivity index (χ1) is 46.1. The van der Waals surface area contributed by atoms with Crippen LogP contribution in [-0.2, 0) is 46.2 Å². The predicted molar refractivity (Wildman–Crippen MR) is 383 cm³/mol. The van der Waals surface area contributed by atoms with E-state index in [0.717, 1.165) is 42.1 Å². The van der Waals surface area contributed by atoms with Crippen LogP contribution in [0.1, 0.15) is 37.6 Å². The van der Waals surface area contributed by atoms with Crippen molar-refractivity contribution in [2.24, 2.45) is 0 Å². The smallest absolute Gasteiger partial charge is 0.420 e. The van der Waals surface area contributed by atoms with Crippen molar-refractivity contribution in [3.8, 4) is 23.0 Å². The molecule has 0 aliphatic carbocycles. The molecule has 2 N–H and O–H groups in total. The highest BCUT2D eigenvalue weighted by atomic mass is 35.5. The molecule has 0 radical (unpaired) electrons. The van der Waals surface area contributed by atoms with Crippen LogP contribution in [0.5, 0.6) is 23.0 Å². The van der Waals surface area contributed by atoms with Gasteiger partial charge in [-0.3, -0.25) is 29.1 Å². The monoisotopic (exact) mass is 1430 g/mol. The molecule has 520 valence electrons. The number of rotatable bonds is 24. The SMILES string of the molecule is C=CC(=O)Nc1cc(N2CCOCC2)ccc1Cc1cc(N(C)C(=O)Cc2c(Cl)c(OC)cc(OC)c2Cl)ncn1.C=CC(=O)Nc1cc(N2CCOCC2)ccc1N(C(=O)OC(C)(C)C)c1cc(N(C)C(=O)N(COCC[Si](C)(C)C)c2c(Cl)c(OC)cc(OC)c2Cl)ncn1. The zero-order chi connectivity index (χ0) is 70.9. The lowest BCUT2D eigenvalue weighted by molar-refractivity contribution is -0.117. The average molecular weight is 1430 g/mol. The number of aromatic nitrogens is 4. The summed E-state index contributed by atoms with van der Waals surface area (Å²) in [4.78, 5) is 93.8. The van der Waals surface area contributed by atoms with Gasteiger partial charge in [0.05, 0.1) is 94.1 Å². The lowest BCUT2D eigenvalue weighted by Gasteiger charge is -2.32. The molecule has 2 saturated heterocycles. The van der Waals surface area contributed by atoms with Gasteiger partial charge >= 0.3 is 12.1 Å². The third kappa shape index (κ3) is 20.1. The molecule has 4 heterocycles. The molecule has 0 atom stereocenters. The minimum Gasteiger partial charge on any atom is -0.495 e. The van der Waals surface area contributed by atoms with Crippen molar-refractivity contribution in [2.75, 3.05) is 149 Å². The molecule has 6 aromatic rings. The number of hydrogen-bond acceptors (Lipinski definition) is 19. The number of methoxy groups -OCH3 is 4. The minimum atomic E-state index is -1.48. The number of morpholine rings is 2. The van der Waals surface area contributed by atoms with E-state index in [1.165, 1.54) is 85.9 Å². The first kappa shape index (κ1) is 75.9. The normalized spacial score (nSPS) is 13.0. The number of carbonyl (C=O) groups is 5. The maximum absolute atomic E-state index is 14.6. The number of halogens is 4. The van der Waals surface area contributed by atoms with Crippen LogP contribution in [0.15, 0.2) is 98.6 Å². The second-order valence-corrected chi connectivity index (χ2v) is 31.2. The van der Waals surface area contributed by atoms with Crippen LogP contribution in [0.25, 0.3) is 0 Å². The molecule has 0 unspecified atom stereocenters. The summed E-state index contributed by atoms with van der Waals surface area (Å²) in [5.74, 6) is 0.546. The fourth-order valence-corrected chi connectivity index (χ4v) is 11.9. The van der Waals surface area contributed by atoms with E-state index >= 15 is 0 Å². The second-order valence-electron chi connectivity index (χ2n) is 24.1. The quantitative estimate of drug-likeness (QED) is 0.0247. The van der Waals surface area contributed by atoms with Crippen molar-refractivity contribution in [1.29, 1.82) is 0 Å². The summed E-state index contributed by atoms with van der Waals surface area (Å²) < 4.78 is 44.5. The fraction of sp³-hybridized carbons (Fsp3) is 0.388. The molecule has 0 spiro atoms. The molecule has 6 amide bonds. The molecule has 8 rings (SSSR count). The van der Waals surface area contributed by atoms with Crippen molar-refractivity contribution in [2.45, 2.75) is 64.9 Å². The molecule has 2 fully saturated rings. The zero-order valence-electron chi connectivity index (χ0n) is 56.5. The number of amides is 6. The van der Waals surface area contributed by atoms with Crippen molar-refractivity contribution in [3.63, 3.8) is 0 Å². The predicted octanol–water partition coefficient (Wildman–Crippen LogP) is 12.8. The Balaban J connectivity index is 0.000000286.